The standard InChI is InChI=1S/C10H12F2O/c11-10(12)6-2-3-7(10)9-5(6)1-4-8(9)13/h2-3,5-9,13H,1,4H2. The van der Waals surface area contributed by atoms with Crippen LogP contribution < -0.4 is 0 Å². The summed E-state index contributed by atoms with van der Waals surface area (Å²) >= 11 is 0. The van der Waals surface area contributed by atoms with Crippen LogP contribution in [0.1, 0.15) is 12.8 Å². The van der Waals surface area contributed by atoms with Crippen LogP contribution in [0.4, 0.5) is 8.78 Å². The summed E-state index contributed by atoms with van der Waals surface area (Å²) in [7, 11) is 0. The molecule has 0 aliphatic heterocycles. The van der Waals surface area contributed by atoms with E-state index in [1.54, 1.807) is 12.2 Å². The van der Waals surface area contributed by atoms with E-state index in [9.17, 15) is 13.9 Å². The largest absolute Gasteiger partial charge is 0.393 e. The van der Waals surface area contributed by atoms with Gasteiger partial charge in [-0.05, 0) is 18.8 Å². The highest BCUT2D eigenvalue weighted by molar-refractivity contribution is 5.24. The molecule has 1 N–H and O–H groups in total. The first-order chi connectivity index (χ1) is 6.12. The van der Waals surface area contributed by atoms with E-state index >= 15 is 0 Å². The zero-order chi connectivity index (χ0) is 9.22. The second-order valence-corrected chi connectivity index (χ2v) is 4.50. The van der Waals surface area contributed by atoms with Crippen molar-refractivity contribution in [3.05, 3.63) is 12.2 Å². The Balaban J connectivity index is 2.03. The van der Waals surface area contributed by atoms with Crippen LogP contribution in [-0.2, 0) is 0 Å². The van der Waals surface area contributed by atoms with Gasteiger partial charge in [0.25, 0.3) is 5.92 Å². The minimum atomic E-state index is -2.57. The molecule has 3 rings (SSSR count). The molecule has 0 spiro atoms. The van der Waals surface area contributed by atoms with Gasteiger partial charge in [-0.15, -0.1) is 0 Å². The first-order valence-corrected chi connectivity index (χ1v) is 4.86. The van der Waals surface area contributed by atoms with Gasteiger partial charge < -0.3 is 5.11 Å². The molecule has 1 nitrogen and oxygen atoms in total. The molecule has 5 atom stereocenters. The Hall–Kier alpha value is -0.440. The van der Waals surface area contributed by atoms with Gasteiger partial charge in [-0.3, -0.25) is 0 Å². The first-order valence-electron chi connectivity index (χ1n) is 4.86. The normalized spacial score (nSPS) is 55.8. The zero-order valence-corrected chi connectivity index (χ0v) is 7.16. The molecule has 2 fully saturated rings. The Bertz CT molecular complexity index is 274. The average Bonchev–Trinajstić information content (AvgIpc) is 2.63. The molecule has 3 aliphatic carbocycles. The van der Waals surface area contributed by atoms with Gasteiger partial charge in [-0.1, -0.05) is 12.2 Å². The summed E-state index contributed by atoms with van der Waals surface area (Å²) in [6.45, 7) is 0. The molecular weight excluding hydrogens is 174 g/mol. The zero-order valence-electron chi connectivity index (χ0n) is 7.16. The van der Waals surface area contributed by atoms with E-state index in [2.05, 4.69) is 0 Å². The minimum Gasteiger partial charge on any atom is -0.393 e. The molecule has 0 saturated heterocycles. The highest BCUT2D eigenvalue weighted by atomic mass is 19.3. The summed E-state index contributed by atoms with van der Waals surface area (Å²) < 4.78 is 27.0. The van der Waals surface area contributed by atoms with Crippen LogP contribution in [0, 0.1) is 23.7 Å². The number of rotatable bonds is 0. The Labute approximate surface area is 75.4 Å². The molecule has 3 aliphatic rings. The van der Waals surface area contributed by atoms with Gasteiger partial charge in [0, 0.05) is 17.8 Å². The van der Waals surface area contributed by atoms with Crippen LogP contribution in [0.25, 0.3) is 0 Å². The average molecular weight is 186 g/mol. The lowest BCUT2D eigenvalue weighted by atomic mass is 9.85. The number of allylic oxidation sites excluding steroid dienone is 2. The van der Waals surface area contributed by atoms with Crippen LogP contribution in [0.5, 0.6) is 0 Å². The fourth-order valence-corrected chi connectivity index (χ4v) is 3.49. The first kappa shape index (κ1) is 7.92. The lowest BCUT2D eigenvalue weighted by Crippen LogP contribution is -2.28. The predicted molar refractivity (Wildman–Crippen MR) is 43.3 cm³/mol. The Kier molecular flexibility index (Phi) is 1.30. The fourth-order valence-electron chi connectivity index (χ4n) is 3.49. The summed E-state index contributed by atoms with van der Waals surface area (Å²) in [6.07, 6.45) is 4.26. The van der Waals surface area contributed by atoms with Crippen molar-refractivity contribution in [2.45, 2.75) is 24.9 Å². The van der Waals surface area contributed by atoms with Gasteiger partial charge in [0.05, 0.1) is 6.10 Å². The van der Waals surface area contributed by atoms with Crippen LogP contribution in [0.15, 0.2) is 12.2 Å². The molecule has 0 heterocycles. The molecule has 0 aromatic heterocycles. The number of fused-ring (bicyclic) bond motifs is 5. The van der Waals surface area contributed by atoms with Gasteiger partial charge in [-0.2, -0.15) is 0 Å². The summed E-state index contributed by atoms with van der Waals surface area (Å²) in [5.41, 5.74) is 0. The Morgan fingerprint density at radius 2 is 1.85 bits per heavy atom. The fraction of sp³-hybridized carbons (Fsp3) is 0.800. The van der Waals surface area contributed by atoms with Crippen molar-refractivity contribution < 1.29 is 13.9 Å². The van der Waals surface area contributed by atoms with Gasteiger partial charge in [-0.25, -0.2) is 8.78 Å². The molecule has 3 heteroatoms. The summed E-state index contributed by atoms with van der Waals surface area (Å²) in [5.74, 6) is -3.96. The van der Waals surface area contributed by atoms with Crippen molar-refractivity contribution in [3.63, 3.8) is 0 Å². The number of hydrogen-bond donors (Lipinski definition) is 1. The number of halogens is 2. The van der Waals surface area contributed by atoms with Gasteiger partial charge in [0.1, 0.15) is 0 Å². The van der Waals surface area contributed by atoms with Crippen molar-refractivity contribution in [1.82, 2.24) is 0 Å². The second kappa shape index (κ2) is 2.14. The third kappa shape index (κ3) is 0.749. The van der Waals surface area contributed by atoms with E-state index in [0.29, 0.717) is 6.42 Å². The monoisotopic (exact) mass is 186 g/mol. The van der Waals surface area contributed by atoms with Gasteiger partial charge in [0.2, 0.25) is 0 Å². The third-order valence-electron chi connectivity index (χ3n) is 4.03. The van der Waals surface area contributed by atoms with E-state index < -0.39 is 23.9 Å². The lowest BCUT2D eigenvalue weighted by Gasteiger charge is -2.21. The van der Waals surface area contributed by atoms with Crippen molar-refractivity contribution in [2.24, 2.45) is 23.7 Å². The molecule has 72 valence electrons. The molecule has 0 aromatic rings. The number of hydrogen-bond acceptors (Lipinski definition) is 1. The molecule has 0 aromatic carbocycles. The van der Waals surface area contributed by atoms with Crippen molar-refractivity contribution in [1.29, 1.82) is 0 Å². The number of aliphatic hydroxyl groups excluding tert-OH is 1. The second-order valence-electron chi connectivity index (χ2n) is 4.50. The van der Waals surface area contributed by atoms with Crippen molar-refractivity contribution >= 4 is 0 Å². The maximum Gasteiger partial charge on any atom is 0.261 e. The molecule has 0 amide bonds. The molecule has 5 unspecified atom stereocenters. The van der Waals surface area contributed by atoms with E-state index in [1.165, 1.54) is 0 Å². The molecule has 2 bridgehead atoms. The molecule has 2 saturated carbocycles. The van der Waals surface area contributed by atoms with Crippen molar-refractivity contribution in [2.75, 3.05) is 0 Å². The Morgan fingerprint density at radius 3 is 2.54 bits per heavy atom. The molecule has 0 radical (unpaired) electrons. The van der Waals surface area contributed by atoms with Gasteiger partial charge >= 0.3 is 0 Å². The van der Waals surface area contributed by atoms with Crippen molar-refractivity contribution in [3.8, 4) is 0 Å². The van der Waals surface area contributed by atoms with E-state index in [4.69, 9.17) is 0 Å². The molecule has 13 heavy (non-hydrogen) atoms. The summed E-state index contributed by atoms with van der Waals surface area (Å²) in [5, 5.41) is 9.59. The SMILES string of the molecule is OC1CCC2C1C1C=CC2C1(F)F. The quantitative estimate of drug-likeness (QED) is 0.572. The predicted octanol–water partition coefficient (Wildman–Crippen LogP) is 1.82. The van der Waals surface area contributed by atoms with E-state index in [-0.39, 0.29) is 11.8 Å². The summed E-state index contributed by atoms with van der Waals surface area (Å²) in [6, 6.07) is 0. The number of alkyl halides is 2. The van der Waals surface area contributed by atoms with Crippen LogP contribution in [0.2, 0.25) is 0 Å². The van der Waals surface area contributed by atoms with E-state index in [0.717, 1.165) is 6.42 Å². The Morgan fingerprint density at radius 1 is 1.15 bits per heavy atom. The third-order valence-corrected chi connectivity index (χ3v) is 4.03. The lowest BCUT2D eigenvalue weighted by molar-refractivity contribution is -0.0545. The number of aliphatic hydroxyl groups is 1. The van der Waals surface area contributed by atoms with E-state index in [1.807, 2.05) is 0 Å². The highest BCUT2D eigenvalue weighted by Crippen LogP contribution is 2.62. The smallest absolute Gasteiger partial charge is 0.261 e. The van der Waals surface area contributed by atoms with Crippen LogP contribution in [-0.4, -0.2) is 17.1 Å². The topological polar surface area (TPSA) is 20.2 Å². The highest BCUT2D eigenvalue weighted by Gasteiger charge is 2.66. The molecular formula is C10H12F2O. The van der Waals surface area contributed by atoms with Crippen LogP contribution in [0.3, 0.4) is 0 Å². The van der Waals surface area contributed by atoms with Crippen LogP contribution >= 0.6 is 0 Å². The maximum atomic E-state index is 13.5. The maximum absolute atomic E-state index is 13.5. The minimum absolute atomic E-state index is 0.0417. The summed E-state index contributed by atoms with van der Waals surface area (Å²) in [4.78, 5) is 0. The van der Waals surface area contributed by atoms with Gasteiger partial charge in [0.15, 0.2) is 0 Å².